The van der Waals surface area contributed by atoms with Gasteiger partial charge in [-0.25, -0.2) is 15.0 Å². The molecule has 410 valence electrons. The van der Waals surface area contributed by atoms with E-state index in [-0.39, 0.29) is 0 Å². The third-order valence-corrected chi connectivity index (χ3v) is 18.9. The number of fused-ring (bicyclic) bond motifs is 10. The van der Waals surface area contributed by atoms with E-state index in [1.165, 1.54) is 66.3 Å². The second-order valence-corrected chi connectivity index (χ2v) is 23.4. The minimum absolute atomic E-state index is 0.584. The van der Waals surface area contributed by atoms with Crippen LogP contribution in [0.4, 0.5) is 0 Å². The van der Waals surface area contributed by atoms with Gasteiger partial charge in [-0.2, -0.15) is 0 Å². The third kappa shape index (κ3) is 7.19. The molecule has 16 aromatic rings. The van der Waals surface area contributed by atoms with Gasteiger partial charge in [-0.3, -0.25) is 0 Å². The van der Waals surface area contributed by atoms with E-state index in [0.717, 1.165) is 72.1 Å². The number of nitrogens with zero attached hydrogens (tertiary/aromatic N) is 5. The molecule has 0 bridgehead atoms. The number of hydrogen-bond donors (Lipinski definition) is 0. The number of hydrogen-bond acceptors (Lipinski definition) is 3. The Morgan fingerprint density at radius 2 is 0.534 bits per heavy atom. The largest absolute Gasteiger partial charge is 0.309 e. The van der Waals surface area contributed by atoms with Crippen LogP contribution in [-0.4, -0.2) is 24.1 Å². The minimum Gasteiger partial charge on any atom is -0.309 e. The predicted octanol–water partition coefficient (Wildman–Crippen LogP) is 19.8. The second-order valence-electron chi connectivity index (χ2n) is 23.4. The van der Waals surface area contributed by atoms with Crippen molar-refractivity contribution in [2.45, 2.75) is 10.8 Å². The Morgan fingerprint density at radius 1 is 0.216 bits per heavy atom. The Morgan fingerprint density at radius 3 is 0.920 bits per heavy atom. The molecule has 3 aromatic heterocycles. The predicted molar refractivity (Wildman–Crippen MR) is 359 cm³/mol. The summed E-state index contributed by atoms with van der Waals surface area (Å²) in [7, 11) is 0. The van der Waals surface area contributed by atoms with Crippen LogP contribution in [-0.2, 0) is 10.8 Å². The van der Waals surface area contributed by atoms with Gasteiger partial charge in [0, 0.05) is 38.2 Å². The van der Waals surface area contributed by atoms with Crippen molar-refractivity contribution in [3.05, 3.63) is 366 Å². The van der Waals surface area contributed by atoms with Crippen LogP contribution in [0.3, 0.4) is 0 Å². The molecule has 5 heteroatoms. The lowest BCUT2D eigenvalue weighted by Gasteiger charge is -2.41. The second kappa shape index (κ2) is 19.5. The van der Waals surface area contributed by atoms with Gasteiger partial charge in [0.05, 0.1) is 44.3 Å². The van der Waals surface area contributed by atoms with Crippen LogP contribution in [0.25, 0.3) is 111 Å². The van der Waals surface area contributed by atoms with Gasteiger partial charge < -0.3 is 9.13 Å². The molecule has 0 saturated carbocycles. The first-order valence-corrected chi connectivity index (χ1v) is 30.2. The molecule has 5 heterocycles. The Labute approximate surface area is 509 Å². The zero-order valence-electron chi connectivity index (χ0n) is 47.8. The quantitative estimate of drug-likeness (QED) is 0.145. The Balaban J connectivity index is 0.882. The van der Waals surface area contributed by atoms with Gasteiger partial charge in [0.15, 0.2) is 17.5 Å². The molecule has 88 heavy (non-hydrogen) atoms. The lowest BCUT2D eigenvalue weighted by atomic mass is 9.63. The summed E-state index contributed by atoms with van der Waals surface area (Å²) in [5.74, 6) is 1.78. The maximum atomic E-state index is 5.59. The van der Waals surface area contributed by atoms with Gasteiger partial charge in [0.1, 0.15) is 0 Å². The standard InChI is InChI=1S/C83H53N5/c1-7-25-54(26-8-1)58-49-59(55-27-9-2-10-28-55)51-60(50-58)81-85-79(56-45-47-73-67(52-56)65-37-23-41-71-77(65)87(73)75-43-21-19-39-69(75)82(71,61-29-11-3-12-30-61)62-31-13-4-14-32-62)84-80(86-81)57-46-48-74-68(53-57)66-38-24-42-72-78(66)88(74)76-44-22-20-40-70(76)83(72,63-33-15-5-16-34-63)64-35-17-6-18-36-64/h1-53H. The number of rotatable bonds is 9. The van der Waals surface area contributed by atoms with Gasteiger partial charge in [0.2, 0.25) is 0 Å². The SMILES string of the molecule is c1ccc(-c2cc(-c3ccccc3)cc(-c3nc(-c4ccc5c(c4)c4cccc6c4n5-c4ccccc4C6(c4ccccc4)c4ccccc4)nc(-c4ccc5c(c4)c4cccc6c4n5-c4ccccc4C6(c4ccccc4)c4ccccc4)n3)c2)cc1. The van der Waals surface area contributed by atoms with Crippen LogP contribution in [0, 0.1) is 0 Å². The van der Waals surface area contributed by atoms with Crippen LogP contribution in [0.15, 0.2) is 322 Å². The van der Waals surface area contributed by atoms with E-state index in [9.17, 15) is 0 Å². The monoisotopic (exact) mass is 1120 g/mol. The van der Waals surface area contributed by atoms with Crippen LogP contribution < -0.4 is 0 Å². The maximum absolute atomic E-state index is 5.59. The highest BCUT2D eigenvalue weighted by molar-refractivity contribution is 6.14. The molecule has 2 aliphatic heterocycles. The normalized spacial score (nSPS) is 13.4. The Bertz CT molecular complexity index is 5010. The Hall–Kier alpha value is -11.5. The lowest BCUT2D eigenvalue weighted by molar-refractivity contribution is 0.728. The highest BCUT2D eigenvalue weighted by Gasteiger charge is 2.47. The molecular formula is C83H53N5. The summed E-state index contributed by atoms with van der Waals surface area (Å²) in [5.41, 5.74) is 22.7. The molecule has 0 spiro atoms. The van der Waals surface area contributed by atoms with Gasteiger partial charge in [-0.15, -0.1) is 0 Å². The maximum Gasteiger partial charge on any atom is 0.164 e. The van der Waals surface area contributed by atoms with Crippen LogP contribution in [0.1, 0.15) is 44.5 Å². The number of benzene rings is 13. The van der Waals surface area contributed by atoms with E-state index in [4.69, 9.17) is 15.0 Å². The first kappa shape index (κ1) is 49.9. The molecule has 13 aromatic carbocycles. The molecule has 0 fully saturated rings. The average Bonchev–Trinajstić information content (AvgIpc) is 1.54. The number of aromatic nitrogens is 5. The first-order valence-electron chi connectivity index (χ1n) is 30.2. The zero-order valence-corrected chi connectivity index (χ0v) is 47.8. The molecular weight excluding hydrogens is 1070 g/mol. The lowest BCUT2D eigenvalue weighted by Crippen LogP contribution is -2.35. The summed E-state index contributed by atoms with van der Waals surface area (Å²) in [6, 6.07) is 117. The topological polar surface area (TPSA) is 48.5 Å². The molecule has 18 rings (SSSR count). The van der Waals surface area contributed by atoms with E-state index in [1.807, 2.05) is 0 Å². The van der Waals surface area contributed by atoms with Crippen molar-refractivity contribution in [3.8, 4) is 67.8 Å². The summed E-state index contributed by atoms with van der Waals surface area (Å²) in [5, 5.41) is 4.59. The van der Waals surface area contributed by atoms with Crippen molar-refractivity contribution in [2.75, 3.05) is 0 Å². The van der Waals surface area contributed by atoms with Crippen molar-refractivity contribution in [2.24, 2.45) is 0 Å². The van der Waals surface area contributed by atoms with Crippen molar-refractivity contribution in [3.63, 3.8) is 0 Å². The zero-order chi connectivity index (χ0) is 57.9. The average molecular weight is 1120 g/mol. The summed E-state index contributed by atoms with van der Waals surface area (Å²) >= 11 is 0. The van der Waals surface area contributed by atoms with Gasteiger partial charge >= 0.3 is 0 Å². The molecule has 0 amide bonds. The summed E-state index contributed by atoms with van der Waals surface area (Å²) in [4.78, 5) is 16.7. The molecule has 0 aliphatic carbocycles. The highest BCUT2D eigenvalue weighted by atomic mass is 15.0. The van der Waals surface area contributed by atoms with E-state index in [2.05, 4.69) is 331 Å². The molecule has 0 radical (unpaired) electrons. The summed E-state index contributed by atoms with van der Waals surface area (Å²) in [6.45, 7) is 0. The Kier molecular flexibility index (Phi) is 11.1. The summed E-state index contributed by atoms with van der Waals surface area (Å²) in [6.07, 6.45) is 0. The third-order valence-electron chi connectivity index (χ3n) is 18.9. The van der Waals surface area contributed by atoms with E-state index < -0.39 is 10.8 Å². The fourth-order valence-corrected chi connectivity index (χ4v) is 15.2. The van der Waals surface area contributed by atoms with Crippen LogP contribution >= 0.6 is 0 Å². The molecule has 0 N–H and O–H groups in total. The highest BCUT2D eigenvalue weighted by Crippen LogP contribution is 2.56. The fraction of sp³-hybridized carbons (Fsp3) is 0.0241. The molecule has 5 nitrogen and oxygen atoms in total. The van der Waals surface area contributed by atoms with E-state index in [0.29, 0.717) is 17.5 Å². The fourth-order valence-electron chi connectivity index (χ4n) is 15.2. The first-order chi connectivity index (χ1) is 43.6. The van der Waals surface area contributed by atoms with Crippen molar-refractivity contribution in [1.29, 1.82) is 0 Å². The minimum atomic E-state index is -0.584. The van der Waals surface area contributed by atoms with Crippen molar-refractivity contribution in [1.82, 2.24) is 24.1 Å². The van der Waals surface area contributed by atoms with E-state index in [1.54, 1.807) is 0 Å². The molecule has 2 aliphatic rings. The molecule has 0 atom stereocenters. The van der Waals surface area contributed by atoms with Gasteiger partial charge in [-0.1, -0.05) is 255 Å². The molecule has 0 unspecified atom stereocenters. The smallest absolute Gasteiger partial charge is 0.164 e. The van der Waals surface area contributed by atoms with Gasteiger partial charge in [0.25, 0.3) is 0 Å². The van der Waals surface area contributed by atoms with Crippen LogP contribution in [0.5, 0.6) is 0 Å². The van der Waals surface area contributed by atoms with Crippen molar-refractivity contribution >= 4 is 43.6 Å². The van der Waals surface area contributed by atoms with Crippen LogP contribution in [0.2, 0.25) is 0 Å². The van der Waals surface area contributed by atoms with Gasteiger partial charge in [-0.05, 0) is 133 Å². The molecule has 0 saturated heterocycles. The summed E-state index contributed by atoms with van der Waals surface area (Å²) < 4.78 is 4.98. The van der Waals surface area contributed by atoms with Crippen molar-refractivity contribution < 1.29 is 0 Å². The number of para-hydroxylation sites is 4. The van der Waals surface area contributed by atoms with E-state index >= 15 is 0 Å².